The average molecular weight is 407 g/mol. The van der Waals surface area contributed by atoms with Crippen molar-refractivity contribution in [1.29, 1.82) is 0 Å². The minimum Gasteiger partial charge on any atom is -0.406 e. The van der Waals surface area contributed by atoms with Gasteiger partial charge < -0.3 is 4.74 Å². The van der Waals surface area contributed by atoms with Crippen molar-refractivity contribution in [2.24, 2.45) is 29.6 Å². The Balaban J connectivity index is 1.27. The minimum atomic E-state index is -4.62. The van der Waals surface area contributed by atoms with Crippen LogP contribution in [0, 0.1) is 29.6 Å². The fraction of sp³-hybridized carbons (Fsp3) is 0.680. The highest BCUT2D eigenvalue weighted by Gasteiger charge is 2.38. The highest BCUT2D eigenvalue weighted by Crippen LogP contribution is 2.50. The summed E-state index contributed by atoms with van der Waals surface area (Å²) in [6.07, 6.45) is 10.7. The van der Waals surface area contributed by atoms with Crippen LogP contribution in [0.1, 0.15) is 75.7 Å². The molecule has 3 aliphatic rings. The molecule has 0 amide bonds. The van der Waals surface area contributed by atoms with E-state index in [1.54, 1.807) is 0 Å². The number of hydrogen-bond donors (Lipinski definition) is 0. The first-order chi connectivity index (χ1) is 13.9. The van der Waals surface area contributed by atoms with E-state index in [1.165, 1.54) is 63.5 Å². The number of fused-ring (bicyclic) bond motifs is 1. The first-order valence-corrected chi connectivity index (χ1v) is 11.4. The molecule has 0 bridgehead atoms. The second kappa shape index (κ2) is 8.73. The maximum Gasteiger partial charge on any atom is 0.573 e. The summed E-state index contributed by atoms with van der Waals surface area (Å²) in [5, 5.41) is 0. The molecule has 0 heterocycles. The van der Waals surface area contributed by atoms with Gasteiger partial charge in [0, 0.05) is 0 Å². The summed E-state index contributed by atoms with van der Waals surface area (Å²) in [5.74, 6) is 4.69. The standard InChI is InChI=1S/C25H33F3O/c1-2-17-3-4-23-16-22(10-9-21(23)15-17)20-7-5-18(6-8-20)19-11-13-24(14-12-19)29-25(26,27)28/h2,11-14,17-18,20-23H,1,3-10,15-16H2. The third-order valence-corrected chi connectivity index (χ3v) is 8.05. The Kier molecular flexibility index (Phi) is 6.27. The van der Waals surface area contributed by atoms with Crippen LogP contribution in [0.5, 0.6) is 5.75 Å². The number of ether oxygens (including phenoxy) is 1. The second-order valence-electron chi connectivity index (χ2n) is 9.63. The maximum absolute atomic E-state index is 12.3. The van der Waals surface area contributed by atoms with Gasteiger partial charge in [-0.2, -0.15) is 0 Å². The van der Waals surface area contributed by atoms with E-state index in [1.807, 2.05) is 12.1 Å². The highest BCUT2D eigenvalue weighted by atomic mass is 19.4. The fourth-order valence-corrected chi connectivity index (χ4v) is 6.47. The Morgan fingerprint density at radius 1 is 0.759 bits per heavy atom. The zero-order chi connectivity index (χ0) is 20.4. The van der Waals surface area contributed by atoms with Crippen LogP contribution in [0.3, 0.4) is 0 Å². The van der Waals surface area contributed by atoms with Gasteiger partial charge >= 0.3 is 6.36 Å². The molecule has 1 nitrogen and oxygen atoms in total. The molecule has 3 fully saturated rings. The number of alkyl halides is 3. The van der Waals surface area contributed by atoms with Crippen LogP contribution < -0.4 is 4.74 Å². The van der Waals surface area contributed by atoms with Crippen molar-refractivity contribution < 1.29 is 17.9 Å². The fourth-order valence-electron chi connectivity index (χ4n) is 6.47. The van der Waals surface area contributed by atoms with Gasteiger partial charge in [-0.25, -0.2) is 0 Å². The van der Waals surface area contributed by atoms with Gasteiger partial charge in [0.1, 0.15) is 5.75 Å². The van der Waals surface area contributed by atoms with E-state index in [-0.39, 0.29) is 5.75 Å². The molecule has 4 unspecified atom stereocenters. The van der Waals surface area contributed by atoms with Crippen LogP contribution in [-0.2, 0) is 0 Å². The zero-order valence-corrected chi connectivity index (χ0v) is 17.2. The molecular formula is C25H33F3O. The van der Waals surface area contributed by atoms with Crippen molar-refractivity contribution in [2.45, 2.75) is 76.5 Å². The molecule has 160 valence electrons. The topological polar surface area (TPSA) is 9.23 Å². The third kappa shape index (κ3) is 5.19. The average Bonchev–Trinajstić information content (AvgIpc) is 2.72. The van der Waals surface area contributed by atoms with Gasteiger partial charge in [-0.3, -0.25) is 0 Å². The summed E-state index contributed by atoms with van der Waals surface area (Å²) >= 11 is 0. The van der Waals surface area contributed by atoms with Gasteiger partial charge in [0.15, 0.2) is 0 Å². The Hall–Kier alpha value is -1.45. The lowest BCUT2D eigenvalue weighted by Crippen LogP contribution is -2.34. The van der Waals surface area contributed by atoms with Crippen molar-refractivity contribution >= 4 is 0 Å². The van der Waals surface area contributed by atoms with Crippen molar-refractivity contribution in [2.75, 3.05) is 0 Å². The van der Waals surface area contributed by atoms with Gasteiger partial charge in [-0.15, -0.1) is 19.8 Å². The lowest BCUT2D eigenvalue weighted by atomic mass is 9.61. The largest absolute Gasteiger partial charge is 0.573 e. The Morgan fingerprint density at radius 2 is 1.31 bits per heavy atom. The first-order valence-electron chi connectivity index (χ1n) is 11.4. The summed E-state index contributed by atoms with van der Waals surface area (Å²) in [6.45, 7) is 4.01. The molecule has 0 N–H and O–H groups in total. The third-order valence-electron chi connectivity index (χ3n) is 8.05. The van der Waals surface area contributed by atoms with E-state index < -0.39 is 6.36 Å². The van der Waals surface area contributed by atoms with Crippen molar-refractivity contribution in [1.82, 2.24) is 0 Å². The normalized spacial score (nSPS) is 35.6. The monoisotopic (exact) mass is 406 g/mol. The van der Waals surface area contributed by atoms with Crippen molar-refractivity contribution in [3.05, 3.63) is 42.5 Å². The molecular weight excluding hydrogens is 373 g/mol. The number of hydrogen-bond acceptors (Lipinski definition) is 1. The summed E-state index contributed by atoms with van der Waals surface area (Å²) in [5.41, 5.74) is 1.16. The minimum absolute atomic E-state index is 0.127. The molecule has 3 saturated carbocycles. The summed E-state index contributed by atoms with van der Waals surface area (Å²) < 4.78 is 41.0. The van der Waals surface area contributed by atoms with Crippen molar-refractivity contribution in [3.63, 3.8) is 0 Å². The molecule has 4 heteroatoms. The smallest absolute Gasteiger partial charge is 0.406 e. The van der Waals surface area contributed by atoms with Gasteiger partial charge in [-0.1, -0.05) is 18.2 Å². The molecule has 4 atom stereocenters. The number of halogens is 3. The molecule has 1 aromatic rings. The maximum atomic E-state index is 12.3. The Bertz CT molecular complexity index is 672. The lowest BCUT2D eigenvalue weighted by Gasteiger charge is -2.45. The molecule has 4 rings (SSSR count). The molecule has 29 heavy (non-hydrogen) atoms. The Morgan fingerprint density at radius 3 is 1.93 bits per heavy atom. The molecule has 0 aromatic heterocycles. The van der Waals surface area contributed by atoms with Crippen LogP contribution in [0.25, 0.3) is 0 Å². The van der Waals surface area contributed by atoms with E-state index in [2.05, 4.69) is 17.4 Å². The van der Waals surface area contributed by atoms with Crippen LogP contribution in [-0.4, -0.2) is 6.36 Å². The zero-order valence-electron chi connectivity index (χ0n) is 17.2. The predicted molar refractivity (Wildman–Crippen MR) is 110 cm³/mol. The number of rotatable bonds is 4. The Labute approximate surface area is 172 Å². The van der Waals surface area contributed by atoms with E-state index in [0.717, 1.165) is 48.0 Å². The molecule has 3 aliphatic carbocycles. The highest BCUT2D eigenvalue weighted by molar-refractivity contribution is 5.29. The molecule has 0 spiro atoms. The lowest BCUT2D eigenvalue weighted by molar-refractivity contribution is -0.274. The van der Waals surface area contributed by atoms with Crippen molar-refractivity contribution in [3.8, 4) is 5.75 Å². The van der Waals surface area contributed by atoms with E-state index in [9.17, 15) is 13.2 Å². The molecule has 0 saturated heterocycles. The molecule has 1 aromatic carbocycles. The van der Waals surface area contributed by atoms with Crippen LogP contribution in [0.2, 0.25) is 0 Å². The van der Waals surface area contributed by atoms with Gasteiger partial charge in [0.05, 0.1) is 0 Å². The van der Waals surface area contributed by atoms with Crippen LogP contribution in [0.4, 0.5) is 13.2 Å². The van der Waals surface area contributed by atoms with E-state index >= 15 is 0 Å². The predicted octanol–water partition coefficient (Wildman–Crippen LogP) is 7.88. The number of allylic oxidation sites excluding steroid dienone is 1. The second-order valence-corrected chi connectivity index (χ2v) is 9.63. The number of benzene rings is 1. The summed E-state index contributed by atoms with van der Waals surface area (Å²) in [6, 6.07) is 6.54. The first kappa shape index (κ1) is 20.8. The quantitative estimate of drug-likeness (QED) is 0.462. The molecule has 0 aliphatic heterocycles. The SMILES string of the molecule is C=CC1CCC2CC(C3CCC(c4ccc(OC(F)(F)F)cc4)CC3)CCC2C1. The van der Waals surface area contributed by atoms with Gasteiger partial charge in [0.2, 0.25) is 0 Å². The summed E-state index contributed by atoms with van der Waals surface area (Å²) in [4.78, 5) is 0. The summed E-state index contributed by atoms with van der Waals surface area (Å²) in [7, 11) is 0. The van der Waals surface area contributed by atoms with E-state index in [0.29, 0.717) is 5.92 Å². The van der Waals surface area contributed by atoms with Gasteiger partial charge in [0.25, 0.3) is 0 Å². The van der Waals surface area contributed by atoms with E-state index in [4.69, 9.17) is 0 Å². The van der Waals surface area contributed by atoms with Gasteiger partial charge in [-0.05, 0) is 117 Å². The van der Waals surface area contributed by atoms with Crippen LogP contribution >= 0.6 is 0 Å². The van der Waals surface area contributed by atoms with Crippen LogP contribution in [0.15, 0.2) is 36.9 Å². The molecule has 0 radical (unpaired) electrons.